The van der Waals surface area contributed by atoms with Crippen molar-refractivity contribution in [3.05, 3.63) is 70.4 Å². The van der Waals surface area contributed by atoms with Crippen LogP contribution in [0.1, 0.15) is 27.9 Å². The molecular formula is C23H26N2O2. The monoisotopic (exact) mass is 362 g/mol. The molecule has 4 heteroatoms. The molecule has 0 bridgehead atoms. The minimum Gasteiger partial charge on any atom is -0.496 e. The Morgan fingerprint density at radius 1 is 1.11 bits per heavy atom. The van der Waals surface area contributed by atoms with Crippen LogP contribution in [0.2, 0.25) is 0 Å². The summed E-state index contributed by atoms with van der Waals surface area (Å²) < 4.78 is 5.40. The SMILES string of the molecule is COc1ccc(C)cc1CCNC(=O)Cc1c(C)nc2ccccc2c1C. The Morgan fingerprint density at radius 2 is 1.89 bits per heavy atom. The number of hydrogen-bond acceptors (Lipinski definition) is 3. The number of para-hydroxylation sites is 1. The predicted octanol–water partition coefficient (Wildman–Crippen LogP) is 4.07. The van der Waals surface area contributed by atoms with Crippen molar-refractivity contribution in [2.24, 2.45) is 0 Å². The molecule has 0 unspecified atom stereocenters. The number of ether oxygens (including phenoxy) is 1. The Kier molecular flexibility index (Phi) is 5.75. The number of hydrogen-bond donors (Lipinski definition) is 1. The molecule has 0 radical (unpaired) electrons. The number of carbonyl (C=O) groups is 1. The second-order valence-corrected chi connectivity index (χ2v) is 6.91. The third-order valence-corrected chi connectivity index (χ3v) is 4.98. The zero-order valence-electron chi connectivity index (χ0n) is 16.4. The number of pyridine rings is 1. The average molecular weight is 362 g/mol. The Morgan fingerprint density at radius 3 is 2.67 bits per heavy atom. The standard InChI is InChI=1S/C23H26N2O2/c1-15-9-10-22(27-4)18(13-15)11-12-24-23(26)14-20-16(2)19-7-5-6-8-21(19)25-17(20)3/h5-10,13H,11-12,14H2,1-4H3,(H,24,26). The van der Waals surface area contributed by atoms with E-state index >= 15 is 0 Å². The minimum atomic E-state index is 0.0184. The molecule has 0 aliphatic rings. The maximum Gasteiger partial charge on any atom is 0.224 e. The fourth-order valence-corrected chi connectivity index (χ4v) is 3.49. The first kappa shape index (κ1) is 18.9. The molecule has 27 heavy (non-hydrogen) atoms. The van der Waals surface area contributed by atoms with Gasteiger partial charge in [0.2, 0.25) is 5.91 Å². The smallest absolute Gasteiger partial charge is 0.224 e. The number of aryl methyl sites for hydroxylation is 3. The minimum absolute atomic E-state index is 0.0184. The van der Waals surface area contributed by atoms with Gasteiger partial charge in [0.1, 0.15) is 5.75 Å². The third-order valence-electron chi connectivity index (χ3n) is 4.98. The van der Waals surface area contributed by atoms with Crippen LogP contribution in [0.25, 0.3) is 10.9 Å². The number of amides is 1. The molecule has 1 aromatic heterocycles. The Bertz CT molecular complexity index is 980. The van der Waals surface area contributed by atoms with E-state index in [9.17, 15) is 4.79 Å². The normalized spacial score (nSPS) is 10.8. The summed E-state index contributed by atoms with van der Waals surface area (Å²) in [6, 6.07) is 14.2. The predicted molar refractivity (Wildman–Crippen MR) is 109 cm³/mol. The van der Waals surface area contributed by atoms with Crippen molar-refractivity contribution in [2.75, 3.05) is 13.7 Å². The summed E-state index contributed by atoms with van der Waals surface area (Å²) in [6.07, 6.45) is 1.09. The number of fused-ring (bicyclic) bond motifs is 1. The van der Waals surface area contributed by atoms with Crippen molar-refractivity contribution >= 4 is 16.8 Å². The highest BCUT2D eigenvalue weighted by Gasteiger charge is 2.13. The molecule has 0 aliphatic carbocycles. The van der Waals surface area contributed by atoms with Gasteiger partial charge < -0.3 is 10.1 Å². The molecule has 3 aromatic rings. The molecule has 1 N–H and O–H groups in total. The largest absolute Gasteiger partial charge is 0.496 e. The van der Waals surface area contributed by atoms with Crippen molar-refractivity contribution < 1.29 is 9.53 Å². The summed E-state index contributed by atoms with van der Waals surface area (Å²) in [5, 5.41) is 4.14. The molecule has 140 valence electrons. The Balaban J connectivity index is 1.67. The van der Waals surface area contributed by atoms with Gasteiger partial charge in [-0.2, -0.15) is 0 Å². The number of nitrogens with zero attached hydrogens (tertiary/aromatic N) is 1. The molecule has 4 nitrogen and oxygen atoms in total. The number of methoxy groups -OCH3 is 1. The highest BCUT2D eigenvalue weighted by molar-refractivity contribution is 5.86. The van der Waals surface area contributed by atoms with Gasteiger partial charge in [-0.05, 0) is 56.0 Å². The van der Waals surface area contributed by atoms with E-state index in [1.807, 2.05) is 37.3 Å². The van der Waals surface area contributed by atoms with Crippen LogP contribution in [-0.4, -0.2) is 24.5 Å². The van der Waals surface area contributed by atoms with Crippen LogP contribution in [0.3, 0.4) is 0 Å². The van der Waals surface area contributed by atoms with E-state index < -0.39 is 0 Å². The van der Waals surface area contributed by atoms with Crippen LogP contribution >= 0.6 is 0 Å². The van der Waals surface area contributed by atoms with Crippen molar-refractivity contribution in [1.29, 1.82) is 0 Å². The van der Waals surface area contributed by atoms with Crippen LogP contribution in [0.15, 0.2) is 42.5 Å². The first-order valence-corrected chi connectivity index (χ1v) is 9.24. The number of nitrogens with one attached hydrogen (secondary N) is 1. The molecule has 0 atom stereocenters. The summed E-state index contributed by atoms with van der Waals surface area (Å²) in [6.45, 7) is 6.68. The van der Waals surface area contributed by atoms with E-state index in [1.54, 1.807) is 7.11 Å². The zero-order valence-corrected chi connectivity index (χ0v) is 16.4. The van der Waals surface area contributed by atoms with Gasteiger partial charge in [0.15, 0.2) is 0 Å². The highest BCUT2D eigenvalue weighted by atomic mass is 16.5. The van der Waals surface area contributed by atoms with Gasteiger partial charge in [-0.1, -0.05) is 35.9 Å². The fourth-order valence-electron chi connectivity index (χ4n) is 3.49. The number of aromatic nitrogens is 1. The zero-order chi connectivity index (χ0) is 19.4. The Labute approximate surface area is 160 Å². The molecule has 0 spiro atoms. The maximum absolute atomic E-state index is 12.5. The molecule has 3 rings (SSSR count). The molecule has 2 aromatic carbocycles. The second-order valence-electron chi connectivity index (χ2n) is 6.91. The molecular weight excluding hydrogens is 336 g/mol. The fraction of sp³-hybridized carbons (Fsp3) is 0.304. The maximum atomic E-state index is 12.5. The second kappa shape index (κ2) is 8.21. The van der Waals surface area contributed by atoms with E-state index in [0.29, 0.717) is 13.0 Å². The van der Waals surface area contributed by atoms with E-state index in [2.05, 4.69) is 36.3 Å². The molecule has 1 heterocycles. The first-order chi connectivity index (χ1) is 13.0. The molecule has 1 amide bonds. The summed E-state index contributed by atoms with van der Waals surface area (Å²) in [7, 11) is 1.67. The van der Waals surface area contributed by atoms with Gasteiger partial charge in [0.25, 0.3) is 0 Å². The van der Waals surface area contributed by atoms with E-state index in [4.69, 9.17) is 4.74 Å². The molecule has 0 fully saturated rings. The summed E-state index contributed by atoms with van der Waals surface area (Å²) in [4.78, 5) is 17.1. The van der Waals surface area contributed by atoms with Crippen LogP contribution < -0.4 is 10.1 Å². The van der Waals surface area contributed by atoms with Gasteiger partial charge in [0.05, 0.1) is 19.0 Å². The Hall–Kier alpha value is -2.88. The van der Waals surface area contributed by atoms with E-state index in [-0.39, 0.29) is 5.91 Å². The number of rotatable bonds is 6. The van der Waals surface area contributed by atoms with Gasteiger partial charge in [-0.3, -0.25) is 9.78 Å². The van der Waals surface area contributed by atoms with Gasteiger partial charge in [-0.25, -0.2) is 0 Å². The quantitative estimate of drug-likeness (QED) is 0.719. The van der Waals surface area contributed by atoms with Crippen molar-refractivity contribution in [3.63, 3.8) is 0 Å². The number of benzene rings is 2. The topological polar surface area (TPSA) is 51.2 Å². The third kappa shape index (κ3) is 4.27. The van der Waals surface area contributed by atoms with Crippen molar-refractivity contribution in [2.45, 2.75) is 33.6 Å². The molecule has 0 saturated heterocycles. The summed E-state index contributed by atoms with van der Waals surface area (Å²) >= 11 is 0. The van der Waals surface area contributed by atoms with Crippen molar-refractivity contribution in [1.82, 2.24) is 10.3 Å². The van der Waals surface area contributed by atoms with E-state index in [0.717, 1.165) is 45.5 Å². The van der Waals surface area contributed by atoms with Crippen LogP contribution in [0, 0.1) is 20.8 Å². The summed E-state index contributed by atoms with van der Waals surface area (Å²) in [5.41, 5.74) is 6.33. The van der Waals surface area contributed by atoms with Gasteiger partial charge >= 0.3 is 0 Å². The van der Waals surface area contributed by atoms with E-state index in [1.165, 1.54) is 5.56 Å². The molecule has 0 aliphatic heterocycles. The lowest BCUT2D eigenvalue weighted by Crippen LogP contribution is -2.28. The highest BCUT2D eigenvalue weighted by Crippen LogP contribution is 2.23. The van der Waals surface area contributed by atoms with Crippen molar-refractivity contribution in [3.8, 4) is 5.75 Å². The van der Waals surface area contributed by atoms with Gasteiger partial charge in [0, 0.05) is 17.6 Å². The summed E-state index contributed by atoms with van der Waals surface area (Å²) in [5.74, 6) is 0.880. The van der Waals surface area contributed by atoms with Crippen LogP contribution in [0.5, 0.6) is 5.75 Å². The lowest BCUT2D eigenvalue weighted by Gasteiger charge is -2.13. The van der Waals surface area contributed by atoms with Gasteiger partial charge in [-0.15, -0.1) is 0 Å². The lowest BCUT2D eigenvalue weighted by atomic mass is 9.99. The van der Waals surface area contributed by atoms with Crippen LogP contribution in [-0.2, 0) is 17.6 Å². The molecule has 0 saturated carbocycles. The first-order valence-electron chi connectivity index (χ1n) is 9.24. The number of carbonyl (C=O) groups excluding carboxylic acids is 1. The van der Waals surface area contributed by atoms with Crippen LogP contribution in [0.4, 0.5) is 0 Å². The lowest BCUT2D eigenvalue weighted by molar-refractivity contribution is -0.120. The average Bonchev–Trinajstić information content (AvgIpc) is 2.65.